The van der Waals surface area contributed by atoms with E-state index in [1.165, 1.54) is 23.4 Å². The number of halogens is 1. The van der Waals surface area contributed by atoms with Crippen LogP contribution in [0.25, 0.3) is 28.0 Å². The van der Waals surface area contributed by atoms with Gasteiger partial charge in [0.25, 0.3) is 5.56 Å². The van der Waals surface area contributed by atoms with E-state index in [1.54, 1.807) is 29.2 Å². The third kappa shape index (κ3) is 4.40. The highest BCUT2D eigenvalue weighted by Gasteiger charge is 2.21. The van der Waals surface area contributed by atoms with Crippen LogP contribution in [0, 0.1) is 0 Å². The lowest BCUT2D eigenvalue weighted by molar-refractivity contribution is -0.131. The zero-order valence-electron chi connectivity index (χ0n) is 19.0. The Morgan fingerprint density at radius 2 is 1.77 bits per heavy atom. The van der Waals surface area contributed by atoms with E-state index in [0.717, 1.165) is 10.1 Å². The minimum atomic E-state index is -0.603. The maximum absolute atomic E-state index is 13.1. The number of hydrogen-bond donors (Lipinski definition) is 0. The van der Waals surface area contributed by atoms with Crippen LogP contribution in [-0.2, 0) is 18.4 Å². The summed E-state index contributed by atoms with van der Waals surface area (Å²) in [5, 5.41) is 0.748. The molecule has 0 radical (unpaired) electrons. The molecule has 0 atom stereocenters. The Morgan fingerprint density at radius 3 is 2.46 bits per heavy atom. The van der Waals surface area contributed by atoms with Crippen molar-refractivity contribution in [1.29, 1.82) is 0 Å². The van der Waals surface area contributed by atoms with Gasteiger partial charge in [-0.1, -0.05) is 48.0 Å². The number of amides is 1. The van der Waals surface area contributed by atoms with Crippen LogP contribution in [0.4, 0.5) is 0 Å². The van der Waals surface area contributed by atoms with Crippen molar-refractivity contribution in [3.05, 3.63) is 98.3 Å². The summed E-state index contributed by atoms with van der Waals surface area (Å²) in [5.41, 5.74) is 2.04. The van der Waals surface area contributed by atoms with Crippen molar-refractivity contribution in [3.8, 4) is 11.4 Å². The summed E-state index contributed by atoms with van der Waals surface area (Å²) >= 11 is 5.95. The molecule has 35 heavy (non-hydrogen) atoms. The highest BCUT2D eigenvalue weighted by atomic mass is 35.5. The summed E-state index contributed by atoms with van der Waals surface area (Å²) in [7, 11) is 1.53. The number of benzene rings is 2. The quantitative estimate of drug-likeness (QED) is 0.441. The molecule has 1 aliphatic rings. The average Bonchev–Trinajstić information content (AvgIpc) is 2.90. The van der Waals surface area contributed by atoms with Gasteiger partial charge in [0.15, 0.2) is 11.5 Å². The number of aromatic nitrogens is 4. The zero-order valence-corrected chi connectivity index (χ0v) is 19.8. The summed E-state index contributed by atoms with van der Waals surface area (Å²) in [5.74, 6) is 0.0809. The second kappa shape index (κ2) is 9.31. The van der Waals surface area contributed by atoms with Crippen molar-refractivity contribution in [2.75, 3.05) is 13.1 Å². The third-order valence-corrected chi connectivity index (χ3v) is 6.43. The average molecular weight is 488 g/mol. The lowest BCUT2D eigenvalue weighted by Gasteiger charge is -2.27. The van der Waals surface area contributed by atoms with E-state index in [0.29, 0.717) is 35.9 Å². The summed E-state index contributed by atoms with van der Waals surface area (Å²) in [4.78, 5) is 49.5. The van der Waals surface area contributed by atoms with E-state index < -0.39 is 11.2 Å². The number of aryl methyl sites for hydroxylation is 1. The second-order valence-electron chi connectivity index (χ2n) is 8.36. The molecule has 1 aliphatic heterocycles. The molecule has 0 spiro atoms. The summed E-state index contributed by atoms with van der Waals surface area (Å²) in [6, 6.07) is 17.0. The number of nitrogens with zero attached hydrogens (tertiary/aromatic N) is 5. The first kappa shape index (κ1) is 22.7. The second-order valence-corrected chi connectivity index (χ2v) is 8.79. The fourth-order valence-electron chi connectivity index (χ4n) is 4.21. The minimum absolute atomic E-state index is 0.169. The number of hydrogen-bond acceptors (Lipinski definition) is 5. The Balaban J connectivity index is 1.42. The first-order valence-corrected chi connectivity index (χ1v) is 11.5. The fraction of sp³-hybridized carbons (Fsp3) is 0.192. The molecule has 176 valence electrons. The van der Waals surface area contributed by atoms with Crippen LogP contribution in [-0.4, -0.2) is 43.0 Å². The Bertz CT molecular complexity index is 1570. The monoisotopic (exact) mass is 487 g/mol. The van der Waals surface area contributed by atoms with Crippen LogP contribution in [0.3, 0.4) is 0 Å². The first-order valence-electron chi connectivity index (χ1n) is 11.2. The highest BCUT2D eigenvalue weighted by Crippen LogP contribution is 2.22. The molecule has 0 saturated heterocycles. The first-order chi connectivity index (χ1) is 16.9. The SMILES string of the molecule is Cn1c(=O)n(CC(=O)N2CC=C(c3ccccc3)CC2)c(=O)c2cnc(-c3ccc(Cl)cc3)nc21. The van der Waals surface area contributed by atoms with Crippen LogP contribution in [0.2, 0.25) is 5.02 Å². The van der Waals surface area contributed by atoms with E-state index in [9.17, 15) is 14.4 Å². The maximum atomic E-state index is 13.1. The Labute approximate surface area is 205 Å². The van der Waals surface area contributed by atoms with Crippen LogP contribution in [0.15, 0.2) is 76.5 Å². The van der Waals surface area contributed by atoms with Crippen molar-refractivity contribution in [2.24, 2.45) is 7.05 Å². The van der Waals surface area contributed by atoms with Crippen molar-refractivity contribution >= 4 is 34.1 Å². The lowest BCUT2D eigenvalue weighted by Crippen LogP contribution is -2.45. The summed E-state index contributed by atoms with van der Waals surface area (Å²) < 4.78 is 2.22. The number of carbonyl (C=O) groups excluding carboxylic acids is 1. The molecule has 0 saturated carbocycles. The number of fused-ring (bicyclic) bond motifs is 1. The molecule has 3 heterocycles. The molecule has 0 aliphatic carbocycles. The smallest absolute Gasteiger partial charge is 0.332 e. The van der Waals surface area contributed by atoms with Gasteiger partial charge >= 0.3 is 5.69 Å². The molecule has 0 fully saturated rings. The number of rotatable bonds is 4. The Hall–Kier alpha value is -4.04. The molecule has 0 N–H and O–H groups in total. The molecular weight excluding hydrogens is 466 g/mol. The molecule has 9 heteroatoms. The predicted molar refractivity (Wildman–Crippen MR) is 135 cm³/mol. The molecular formula is C26H22ClN5O3. The van der Waals surface area contributed by atoms with Gasteiger partial charge in [-0.25, -0.2) is 14.8 Å². The van der Waals surface area contributed by atoms with Crippen LogP contribution in [0.1, 0.15) is 12.0 Å². The van der Waals surface area contributed by atoms with Crippen LogP contribution in [0.5, 0.6) is 0 Å². The van der Waals surface area contributed by atoms with E-state index >= 15 is 0 Å². The topological polar surface area (TPSA) is 90.1 Å². The van der Waals surface area contributed by atoms with E-state index in [4.69, 9.17) is 11.6 Å². The van der Waals surface area contributed by atoms with Gasteiger partial charge in [-0.3, -0.25) is 18.7 Å². The van der Waals surface area contributed by atoms with Gasteiger partial charge in [-0.2, -0.15) is 0 Å². The van der Waals surface area contributed by atoms with Gasteiger partial charge in [0.05, 0.1) is 0 Å². The fourth-order valence-corrected chi connectivity index (χ4v) is 4.33. The van der Waals surface area contributed by atoms with Gasteiger partial charge in [0.2, 0.25) is 5.91 Å². The Kier molecular flexibility index (Phi) is 6.05. The van der Waals surface area contributed by atoms with E-state index in [-0.39, 0.29) is 23.5 Å². The predicted octanol–water partition coefficient (Wildman–Crippen LogP) is 3.13. The van der Waals surface area contributed by atoms with Crippen LogP contribution >= 0.6 is 11.6 Å². The molecule has 8 nitrogen and oxygen atoms in total. The summed E-state index contributed by atoms with van der Waals surface area (Å²) in [6.45, 7) is 0.615. The normalized spacial score (nSPS) is 13.7. The lowest BCUT2D eigenvalue weighted by atomic mass is 9.99. The molecule has 5 rings (SSSR count). The largest absolute Gasteiger partial charge is 0.337 e. The van der Waals surface area contributed by atoms with Crippen LogP contribution < -0.4 is 11.2 Å². The van der Waals surface area contributed by atoms with Gasteiger partial charge < -0.3 is 4.90 Å². The molecule has 2 aromatic heterocycles. The minimum Gasteiger partial charge on any atom is -0.337 e. The number of carbonyl (C=O) groups is 1. The zero-order chi connectivity index (χ0) is 24.5. The highest BCUT2D eigenvalue weighted by molar-refractivity contribution is 6.30. The third-order valence-electron chi connectivity index (χ3n) is 6.18. The molecule has 0 unspecified atom stereocenters. The molecule has 1 amide bonds. The van der Waals surface area contributed by atoms with Crippen molar-refractivity contribution in [1.82, 2.24) is 24.0 Å². The van der Waals surface area contributed by atoms with Gasteiger partial charge in [-0.15, -0.1) is 0 Å². The van der Waals surface area contributed by atoms with Gasteiger partial charge in [-0.05, 0) is 41.8 Å². The standard InChI is InChI=1S/C26H22ClN5O3/c1-30-24-21(15-28-23(29-24)19-7-9-20(27)10-8-19)25(34)32(26(30)35)16-22(33)31-13-11-18(12-14-31)17-5-3-2-4-6-17/h2-11,15H,12-14,16H2,1H3. The molecule has 2 aromatic carbocycles. The van der Waals surface area contributed by atoms with Gasteiger partial charge in [0, 0.05) is 36.9 Å². The summed E-state index contributed by atoms with van der Waals surface area (Å²) in [6.07, 6.45) is 4.12. The van der Waals surface area contributed by atoms with Crippen molar-refractivity contribution in [3.63, 3.8) is 0 Å². The molecule has 4 aromatic rings. The Morgan fingerprint density at radius 1 is 1.03 bits per heavy atom. The molecule has 0 bridgehead atoms. The van der Waals surface area contributed by atoms with Crippen molar-refractivity contribution in [2.45, 2.75) is 13.0 Å². The van der Waals surface area contributed by atoms with Gasteiger partial charge in [0.1, 0.15) is 11.9 Å². The van der Waals surface area contributed by atoms with E-state index in [2.05, 4.69) is 9.97 Å². The van der Waals surface area contributed by atoms with Crippen molar-refractivity contribution < 1.29 is 4.79 Å². The maximum Gasteiger partial charge on any atom is 0.332 e. The van der Waals surface area contributed by atoms with E-state index in [1.807, 2.05) is 36.4 Å².